The van der Waals surface area contributed by atoms with E-state index >= 15 is 0 Å². The van der Waals surface area contributed by atoms with Gasteiger partial charge in [-0.05, 0) is 34.5 Å². The van der Waals surface area contributed by atoms with Crippen molar-refractivity contribution in [2.75, 3.05) is 23.9 Å². The van der Waals surface area contributed by atoms with Gasteiger partial charge < -0.3 is 9.80 Å². The summed E-state index contributed by atoms with van der Waals surface area (Å²) in [7, 11) is 3.71. The van der Waals surface area contributed by atoms with Crippen LogP contribution >= 0.6 is 23.2 Å². The minimum atomic E-state index is 0.308. The third kappa shape index (κ3) is 2.56. The second-order valence-electron chi connectivity index (χ2n) is 6.29. The molecule has 0 aromatic heterocycles. The zero-order chi connectivity index (χ0) is 18.4. The van der Waals surface area contributed by atoms with Crippen molar-refractivity contribution in [1.82, 2.24) is 0 Å². The lowest BCUT2D eigenvalue weighted by Gasteiger charge is -2.30. The average Bonchev–Trinajstić information content (AvgIpc) is 3.08. The van der Waals surface area contributed by atoms with Crippen molar-refractivity contribution in [3.05, 3.63) is 69.7 Å². The van der Waals surface area contributed by atoms with Crippen LogP contribution in [-0.4, -0.2) is 20.1 Å². The number of hydrogen-bond donors (Lipinski definition) is 1. The fourth-order valence-electron chi connectivity index (χ4n) is 3.40. The molecular formula is C21H17Cl2N3. The zero-order valence-electron chi connectivity index (χ0n) is 14.4. The SMILES string of the molecule is CN(C(=N)N(C)c1ccc2cccc3c2c1C=C3)c1cccc(Cl)c1Cl. The molecule has 1 N–H and O–H groups in total. The van der Waals surface area contributed by atoms with E-state index in [4.69, 9.17) is 28.6 Å². The first kappa shape index (κ1) is 17.0. The van der Waals surface area contributed by atoms with Gasteiger partial charge in [0.2, 0.25) is 5.96 Å². The van der Waals surface area contributed by atoms with Gasteiger partial charge in [-0.2, -0.15) is 0 Å². The second-order valence-corrected chi connectivity index (χ2v) is 7.08. The van der Waals surface area contributed by atoms with Crippen molar-refractivity contribution < 1.29 is 0 Å². The van der Waals surface area contributed by atoms with Crippen LogP contribution in [0.4, 0.5) is 11.4 Å². The summed E-state index contributed by atoms with van der Waals surface area (Å²) in [4.78, 5) is 3.59. The van der Waals surface area contributed by atoms with Gasteiger partial charge in [-0.1, -0.05) is 65.7 Å². The summed E-state index contributed by atoms with van der Waals surface area (Å²) in [5.74, 6) is 0.308. The van der Waals surface area contributed by atoms with Crippen molar-refractivity contribution in [3.8, 4) is 0 Å². The van der Waals surface area contributed by atoms with E-state index in [2.05, 4.69) is 42.5 Å². The first-order chi connectivity index (χ1) is 12.5. The van der Waals surface area contributed by atoms with Crippen LogP contribution in [0.2, 0.25) is 10.0 Å². The van der Waals surface area contributed by atoms with Crippen molar-refractivity contribution in [2.24, 2.45) is 0 Å². The number of halogens is 2. The van der Waals surface area contributed by atoms with Crippen LogP contribution in [0, 0.1) is 5.41 Å². The lowest BCUT2D eigenvalue weighted by atomic mass is 10.0. The van der Waals surface area contributed by atoms with Gasteiger partial charge in [-0.25, -0.2) is 0 Å². The number of anilines is 2. The molecule has 0 atom stereocenters. The summed E-state index contributed by atoms with van der Waals surface area (Å²) in [6.45, 7) is 0. The quantitative estimate of drug-likeness (QED) is 0.334. The molecule has 0 bridgehead atoms. The molecule has 3 nitrogen and oxygen atoms in total. The van der Waals surface area contributed by atoms with E-state index in [1.807, 2.05) is 31.1 Å². The average molecular weight is 382 g/mol. The molecule has 0 amide bonds. The van der Waals surface area contributed by atoms with E-state index in [1.165, 1.54) is 16.3 Å². The van der Waals surface area contributed by atoms with Crippen molar-refractivity contribution in [3.63, 3.8) is 0 Å². The molecule has 0 fully saturated rings. The highest BCUT2D eigenvalue weighted by molar-refractivity contribution is 6.44. The Kier molecular flexibility index (Phi) is 4.14. The molecule has 0 radical (unpaired) electrons. The molecule has 0 unspecified atom stereocenters. The molecule has 3 aromatic carbocycles. The number of benzene rings is 3. The summed E-state index contributed by atoms with van der Waals surface area (Å²) < 4.78 is 0. The highest BCUT2D eigenvalue weighted by Crippen LogP contribution is 2.38. The summed E-state index contributed by atoms with van der Waals surface area (Å²) in [6.07, 6.45) is 4.24. The summed E-state index contributed by atoms with van der Waals surface area (Å²) in [5.41, 5.74) is 4.03. The Morgan fingerprint density at radius 2 is 1.58 bits per heavy atom. The Bertz CT molecular complexity index is 1070. The summed E-state index contributed by atoms with van der Waals surface area (Å²) in [6, 6.07) is 15.9. The van der Waals surface area contributed by atoms with E-state index in [1.54, 1.807) is 11.0 Å². The molecule has 130 valence electrons. The molecule has 1 aliphatic carbocycles. The van der Waals surface area contributed by atoms with E-state index in [9.17, 15) is 0 Å². The topological polar surface area (TPSA) is 30.3 Å². The van der Waals surface area contributed by atoms with Crippen molar-refractivity contribution in [2.45, 2.75) is 0 Å². The third-order valence-electron chi connectivity index (χ3n) is 4.81. The Balaban J connectivity index is 1.74. The predicted molar refractivity (Wildman–Crippen MR) is 114 cm³/mol. The summed E-state index contributed by atoms with van der Waals surface area (Å²) >= 11 is 12.5. The number of hydrogen-bond acceptors (Lipinski definition) is 1. The number of rotatable bonds is 2. The van der Waals surface area contributed by atoms with Crippen LogP contribution in [0.3, 0.4) is 0 Å². The van der Waals surface area contributed by atoms with Crippen LogP contribution in [0.1, 0.15) is 11.1 Å². The van der Waals surface area contributed by atoms with E-state index in [-0.39, 0.29) is 0 Å². The Labute approximate surface area is 162 Å². The van der Waals surface area contributed by atoms with Gasteiger partial charge in [0, 0.05) is 19.7 Å². The maximum absolute atomic E-state index is 8.67. The molecule has 1 aliphatic rings. The van der Waals surface area contributed by atoms with Gasteiger partial charge in [0.15, 0.2) is 0 Å². The van der Waals surface area contributed by atoms with Gasteiger partial charge in [-0.15, -0.1) is 0 Å². The normalized spacial score (nSPS) is 11.8. The van der Waals surface area contributed by atoms with Crippen molar-refractivity contribution >= 4 is 63.5 Å². The molecule has 0 saturated heterocycles. The molecule has 26 heavy (non-hydrogen) atoms. The highest BCUT2D eigenvalue weighted by Gasteiger charge is 2.21. The molecule has 0 spiro atoms. The first-order valence-corrected chi connectivity index (χ1v) is 8.98. The van der Waals surface area contributed by atoms with E-state index in [0.29, 0.717) is 21.7 Å². The zero-order valence-corrected chi connectivity index (χ0v) is 15.9. The minimum Gasteiger partial charge on any atom is -0.315 e. The Morgan fingerprint density at radius 1 is 0.846 bits per heavy atom. The standard InChI is InChI=1S/C21H17Cl2N3/c1-25(21(24)26(2)18-8-4-7-16(22)20(18)23)17-12-10-14-6-3-5-13-9-11-15(17)19(13)14/h3-12,24H,1-2H3. The fraction of sp³-hybridized carbons (Fsp3) is 0.0952. The van der Waals surface area contributed by atoms with E-state index in [0.717, 1.165) is 11.3 Å². The van der Waals surface area contributed by atoms with Gasteiger partial charge in [0.1, 0.15) is 0 Å². The van der Waals surface area contributed by atoms with Crippen LogP contribution in [-0.2, 0) is 0 Å². The van der Waals surface area contributed by atoms with Crippen LogP contribution in [0.25, 0.3) is 22.9 Å². The predicted octanol–water partition coefficient (Wildman–Crippen LogP) is 6.14. The molecule has 0 heterocycles. The maximum Gasteiger partial charge on any atom is 0.202 e. The fourth-order valence-corrected chi connectivity index (χ4v) is 3.83. The molecule has 4 rings (SSSR count). The monoisotopic (exact) mass is 381 g/mol. The lowest BCUT2D eigenvalue weighted by Crippen LogP contribution is -2.40. The first-order valence-electron chi connectivity index (χ1n) is 8.23. The smallest absolute Gasteiger partial charge is 0.202 e. The molecule has 0 saturated carbocycles. The second kappa shape index (κ2) is 6.35. The van der Waals surface area contributed by atoms with Crippen molar-refractivity contribution in [1.29, 1.82) is 5.41 Å². The molecular weight excluding hydrogens is 365 g/mol. The van der Waals surface area contributed by atoms with E-state index < -0.39 is 0 Å². The Hall–Kier alpha value is -2.49. The maximum atomic E-state index is 8.67. The molecule has 3 aromatic rings. The number of nitrogens with zero attached hydrogens (tertiary/aromatic N) is 2. The van der Waals surface area contributed by atoms with Gasteiger partial charge in [-0.3, -0.25) is 5.41 Å². The minimum absolute atomic E-state index is 0.308. The van der Waals surface area contributed by atoms with Crippen LogP contribution in [0.15, 0.2) is 48.5 Å². The largest absolute Gasteiger partial charge is 0.315 e. The highest BCUT2D eigenvalue weighted by atomic mass is 35.5. The number of guanidine groups is 1. The number of nitrogens with one attached hydrogen (secondary N) is 1. The third-order valence-corrected chi connectivity index (χ3v) is 5.62. The van der Waals surface area contributed by atoms with Crippen LogP contribution < -0.4 is 9.80 Å². The molecule has 0 aliphatic heterocycles. The van der Waals surface area contributed by atoms with Crippen LogP contribution in [0.5, 0.6) is 0 Å². The Morgan fingerprint density at radius 3 is 2.38 bits per heavy atom. The summed E-state index contributed by atoms with van der Waals surface area (Å²) in [5, 5.41) is 12.0. The lowest BCUT2D eigenvalue weighted by molar-refractivity contribution is 1.12. The molecule has 5 heteroatoms. The van der Waals surface area contributed by atoms with Gasteiger partial charge in [0.05, 0.1) is 21.4 Å². The van der Waals surface area contributed by atoms with Gasteiger partial charge in [0.25, 0.3) is 0 Å². The van der Waals surface area contributed by atoms with Gasteiger partial charge >= 0.3 is 0 Å².